The van der Waals surface area contributed by atoms with Crippen LogP contribution in [0.2, 0.25) is 0 Å². The van der Waals surface area contributed by atoms with E-state index in [-0.39, 0.29) is 23.7 Å². The van der Waals surface area contributed by atoms with Crippen LogP contribution in [0.15, 0.2) is 78.9 Å². The summed E-state index contributed by atoms with van der Waals surface area (Å²) in [4.78, 5) is 30.5. The SMILES string of the molecule is COc1ccc(/C=C/C(=O)[C@H]2[C@H](c3ccc(OC)cc3)[C@H]3CCCN3[C@]23C(=O)Nc2ccccc23)cc1. The number of nitrogens with zero attached hydrogens (tertiary/aromatic N) is 1. The Balaban J connectivity index is 1.48. The van der Waals surface area contributed by atoms with Gasteiger partial charge in [0.25, 0.3) is 0 Å². The van der Waals surface area contributed by atoms with Crippen molar-refractivity contribution >= 4 is 23.5 Å². The predicted molar refractivity (Wildman–Crippen MR) is 143 cm³/mol. The van der Waals surface area contributed by atoms with Crippen LogP contribution in [-0.4, -0.2) is 43.4 Å². The molecule has 188 valence electrons. The number of nitrogens with one attached hydrogen (secondary N) is 1. The van der Waals surface area contributed by atoms with E-state index in [9.17, 15) is 9.59 Å². The first-order chi connectivity index (χ1) is 18.1. The molecular formula is C31H30N2O4. The van der Waals surface area contributed by atoms with E-state index in [4.69, 9.17) is 9.47 Å². The van der Waals surface area contributed by atoms with Crippen LogP contribution in [0.1, 0.15) is 35.4 Å². The fourth-order valence-electron chi connectivity index (χ4n) is 6.74. The molecule has 1 N–H and O–H groups in total. The van der Waals surface area contributed by atoms with Gasteiger partial charge in [-0.2, -0.15) is 0 Å². The van der Waals surface area contributed by atoms with Gasteiger partial charge in [-0.05, 0) is 66.9 Å². The number of carbonyl (C=O) groups excluding carboxylic acids is 2. The fraction of sp³-hybridized carbons (Fsp3) is 0.290. The zero-order valence-corrected chi connectivity index (χ0v) is 21.0. The topological polar surface area (TPSA) is 67.9 Å². The molecule has 2 fully saturated rings. The number of carbonyl (C=O) groups is 2. The first kappa shape index (κ1) is 23.5. The zero-order valence-electron chi connectivity index (χ0n) is 21.0. The maximum absolute atomic E-state index is 14.3. The molecule has 4 atom stereocenters. The van der Waals surface area contributed by atoms with Gasteiger partial charge in [0.15, 0.2) is 5.78 Å². The summed E-state index contributed by atoms with van der Waals surface area (Å²) in [6, 6.07) is 23.5. The highest BCUT2D eigenvalue weighted by Crippen LogP contribution is 2.60. The third-order valence-corrected chi connectivity index (χ3v) is 8.27. The van der Waals surface area contributed by atoms with E-state index in [2.05, 4.69) is 10.2 Å². The average molecular weight is 495 g/mol. The average Bonchev–Trinajstić information content (AvgIpc) is 3.60. The van der Waals surface area contributed by atoms with Crippen LogP contribution in [0.25, 0.3) is 6.08 Å². The van der Waals surface area contributed by atoms with Crippen molar-refractivity contribution in [2.45, 2.75) is 30.3 Å². The molecule has 3 aromatic carbocycles. The summed E-state index contributed by atoms with van der Waals surface area (Å²) in [5.74, 6) is 0.692. The Morgan fingerprint density at radius 1 is 0.973 bits per heavy atom. The molecule has 0 saturated carbocycles. The van der Waals surface area contributed by atoms with Gasteiger partial charge in [0.1, 0.15) is 17.0 Å². The standard InChI is InChI=1S/C31H30N2O4/c1-36-22-14-9-20(10-15-22)11-18-27(34)29-28(21-12-16-23(37-2)17-13-21)26-8-5-19-33(26)31(29)24-6-3-4-7-25(24)32-30(31)35/h3-4,6-7,9-18,26,28-29H,5,8,19H2,1-2H3,(H,32,35)/b18-11+/t26-,28-,29+,31+/m1/s1. The Hall–Kier alpha value is -3.90. The van der Waals surface area contributed by atoms with E-state index in [0.717, 1.165) is 53.3 Å². The van der Waals surface area contributed by atoms with Crippen LogP contribution in [0.5, 0.6) is 11.5 Å². The Morgan fingerprint density at radius 2 is 1.65 bits per heavy atom. The molecule has 2 saturated heterocycles. The van der Waals surface area contributed by atoms with Crippen molar-refractivity contribution in [2.75, 3.05) is 26.1 Å². The van der Waals surface area contributed by atoms with Crippen LogP contribution < -0.4 is 14.8 Å². The molecule has 3 aromatic rings. The minimum absolute atomic E-state index is 0.0436. The molecule has 37 heavy (non-hydrogen) atoms. The van der Waals surface area contributed by atoms with Gasteiger partial charge < -0.3 is 14.8 Å². The van der Waals surface area contributed by atoms with E-state index in [1.807, 2.05) is 78.9 Å². The third kappa shape index (κ3) is 3.58. The lowest BCUT2D eigenvalue weighted by Crippen LogP contribution is -2.52. The van der Waals surface area contributed by atoms with Gasteiger partial charge in [-0.15, -0.1) is 0 Å². The predicted octanol–water partition coefficient (Wildman–Crippen LogP) is 5.01. The molecule has 0 aromatic heterocycles. The van der Waals surface area contributed by atoms with Crippen molar-refractivity contribution < 1.29 is 19.1 Å². The Kier molecular flexibility index (Phi) is 5.84. The lowest BCUT2D eigenvalue weighted by molar-refractivity contribution is -0.134. The molecule has 6 nitrogen and oxygen atoms in total. The fourth-order valence-corrected chi connectivity index (χ4v) is 6.74. The number of allylic oxidation sites excluding steroid dienone is 1. The zero-order chi connectivity index (χ0) is 25.6. The summed E-state index contributed by atoms with van der Waals surface area (Å²) in [7, 11) is 3.28. The number of benzene rings is 3. The molecule has 6 heteroatoms. The third-order valence-electron chi connectivity index (χ3n) is 8.27. The Labute approximate surface area is 216 Å². The molecule has 0 bridgehead atoms. The second kappa shape index (κ2) is 9.20. The molecule has 3 heterocycles. The van der Waals surface area contributed by atoms with Crippen LogP contribution in [-0.2, 0) is 15.1 Å². The first-order valence-electron chi connectivity index (χ1n) is 12.8. The number of hydrogen-bond donors (Lipinski definition) is 1. The number of rotatable bonds is 6. The number of ether oxygens (including phenoxy) is 2. The molecule has 0 unspecified atom stereocenters. The van der Waals surface area contributed by atoms with Crippen molar-refractivity contribution in [3.8, 4) is 11.5 Å². The number of para-hydroxylation sites is 1. The van der Waals surface area contributed by atoms with Gasteiger partial charge in [0, 0.05) is 23.2 Å². The summed E-state index contributed by atoms with van der Waals surface area (Å²) in [6.07, 6.45) is 5.43. The Morgan fingerprint density at radius 3 is 2.35 bits per heavy atom. The van der Waals surface area contributed by atoms with Gasteiger partial charge in [-0.3, -0.25) is 14.5 Å². The van der Waals surface area contributed by atoms with Gasteiger partial charge in [0.2, 0.25) is 5.91 Å². The number of methoxy groups -OCH3 is 2. The highest BCUT2D eigenvalue weighted by molar-refractivity contribution is 6.11. The summed E-state index contributed by atoms with van der Waals surface area (Å²) in [5, 5.41) is 3.11. The van der Waals surface area contributed by atoms with Crippen molar-refractivity contribution in [3.05, 3.63) is 95.6 Å². The van der Waals surface area contributed by atoms with Crippen molar-refractivity contribution in [3.63, 3.8) is 0 Å². The largest absolute Gasteiger partial charge is 0.497 e. The van der Waals surface area contributed by atoms with Gasteiger partial charge in [-0.1, -0.05) is 48.5 Å². The van der Waals surface area contributed by atoms with E-state index in [0.29, 0.717) is 0 Å². The van der Waals surface area contributed by atoms with E-state index >= 15 is 0 Å². The van der Waals surface area contributed by atoms with Crippen molar-refractivity contribution in [1.29, 1.82) is 0 Å². The second-order valence-corrected chi connectivity index (χ2v) is 9.95. The highest BCUT2D eigenvalue weighted by Gasteiger charge is 2.68. The Bertz CT molecular complexity index is 1360. The van der Waals surface area contributed by atoms with E-state index in [1.54, 1.807) is 20.3 Å². The van der Waals surface area contributed by atoms with E-state index < -0.39 is 11.5 Å². The quantitative estimate of drug-likeness (QED) is 0.488. The molecule has 1 amide bonds. The maximum atomic E-state index is 14.3. The van der Waals surface area contributed by atoms with Crippen LogP contribution in [0.4, 0.5) is 5.69 Å². The maximum Gasteiger partial charge on any atom is 0.250 e. The second-order valence-electron chi connectivity index (χ2n) is 9.95. The number of ketones is 1. The van der Waals surface area contributed by atoms with Gasteiger partial charge in [-0.25, -0.2) is 0 Å². The van der Waals surface area contributed by atoms with Crippen molar-refractivity contribution in [1.82, 2.24) is 4.90 Å². The molecule has 3 aliphatic rings. The monoisotopic (exact) mass is 494 g/mol. The highest BCUT2D eigenvalue weighted by atomic mass is 16.5. The lowest BCUT2D eigenvalue weighted by Gasteiger charge is -2.36. The minimum Gasteiger partial charge on any atom is -0.497 e. The summed E-state index contributed by atoms with van der Waals surface area (Å²) >= 11 is 0. The number of fused-ring (bicyclic) bond motifs is 4. The number of hydrogen-bond acceptors (Lipinski definition) is 5. The number of anilines is 1. The molecule has 1 spiro atoms. The van der Waals surface area contributed by atoms with Gasteiger partial charge in [0.05, 0.1) is 20.1 Å². The van der Waals surface area contributed by atoms with Crippen molar-refractivity contribution in [2.24, 2.45) is 5.92 Å². The molecule has 0 aliphatic carbocycles. The number of amides is 1. The lowest BCUT2D eigenvalue weighted by atomic mass is 9.70. The summed E-state index contributed by atoms with van der Waals surface area (Å²) in [5.41, 5.74) is 2.62. The summed E-state index contributed by atoms with van der Waals surface area (Å²) < 4.78 is 10.6. The van der Waals surface area contributed by atoms with Crippen LogP contribution >= 0.6 is 0 Å². The van der Waals surface area contributed by atoms with Gasteiger partial charge >= 0.3 is 0 Å². The first-order valence-corrected chi connectivity index (χ1v) is 12.8. The molecule has 3 aliphatic heterocycles. The molecule has 6 rings (SSSR count). The smallest absolute Gasteiger partial charge is 0.250 e. The molecule has 0 radical (unpaired) electrons. The van der Waals surface area contributed by atoms with Crippen LogP contribution in [0, 0.1) is 5.92 Å². The molecular weight excluding hydrogens is 464 g/mol. The van der Waals surface area contributed by atoms with E-state index in [1.165, 1.54) is 0 Å². The minimum atomic E-state index is -1.04. The van der Waals surface area contributed by atoms with Crippen LogP contribution in [0.3, 0.4) is 0 Å². The summed E-state index contributed by atoms with van der Waals surface area (Å²) in [6.45, 7) is 0.783. The normalized spacial score (nSPS) is 26.3.